The summed E-state index contributed by atoms with van der Waals surface area (Å²) in [7, 11) is -3.69. The fourth-order valence-corrected chi connectivity index (χ4v) is 6.07. The van der Waals surface area contributed by atoms with Crippen molar-refractivity contribution >= 4 is 28.1 Å². The Kier molecular flexibility index (Phi) is 5.46. The molecule has 9 heteroatoms. The van der Waals surface area contributed by atoms with E-state index >= 15 is 0 Å². The third-order valence-corrected chi connectivity index (χ3v) is 8.76. The summed E-state index contributed by atoms with van der Waals surface area (Å²) in [5, 5.41) is 10.0. The minimum Gasteiger partial charge on any atom is -0.425 e. The minimum absolute atomic E-state index is 0.186. The second-order valence-corrected chi connectivity index (χ2v) is 11.0. The summed E-state index contributed by atoms with van der Waals surface area (Å²) in [6, 6.07) is 3.05. The van der Waals surface area contributed by atoms with Crippen molar-refractivity contribution < 1.29 is 32.6 Å². The molecule has 2 aliphatic heterocycles. The van der Waals surface area contributed by atoms with Gasteiger partial charge >= 0.3 is 5.97 Å². The van der Waals surface area contributed by atoms with Gasteiger partial charge in [0.15, 0.2) is 6.29 Å². The number of aldehydes is 1. The average Bonchev–Trinajstić information content (AvgIpc) is 3.11. The van der Waals surface area contributed by atoms with Gasteiger partial charge in [0, 0.05) is 24.2 Å². The van der Waals surface area contributed by atoms with Gasteiger partial charge in [-0.05, 0) is 51.8 Å². The Hall–Kier alpha value is -2.10. The van der Waals surface area contributed by atoms with Crippen molar-refractivity contribution in [2.75, 3.05) is 13.1 Å². The third kappa shape index (κ3) is 3.19. The number of hydrogen-bond donors (Lipinski definition) is 1. The van der Waals surface area contributed by atoms with Crippen molar-refractivity contribution in [3.63, 3.8) is 0 Å². The molecule has 8 nitrogen and oxygen atoms in total. The van der Waals surface area contributed by atoms with Gasteiger partial charge in [0.25, 0.3) is 0 Å². The lowest BCUT2D eigenvalue weighted by molar-refractivity contribution is -0.137. The largest absolute Gasteiger partial charge is 0.425 e. The number of esters is 1. The number of sulfonamides is 1. The zero-order chi connectivity index (χ0) is 22.6. The van der Waals surface area contributed by atoms with E-state index < -0.39 is 44.0 Å². The summed E-state index contributed by atoms with van der Waals surface area (Å²) in [6.07, 6.45) is -0.888. The highest BCUT2D eigenvalue weighted by molar-refractivity contribution is 7.90. The van der Waals surface area contributed by atoms with Gasteiger partial charge in [-0.1, -0.05) is 6.92 Å². The van der Waals surface area contributed by atoms with Crippen LogP contribution in [0.3, 0.4) is 0 Å². The van der Waals surface area contributed by atoms with E-state index in [9.17, 15) is 27.9 Å². The van der Waals surface area contributed by atoms with Crippen molar-refractivity contribution in [1.82, 2.24) is 4.31 Å². The SMILES string of the molecule is CCN1CC[C@@H]([C@H](O)c2cc(C(C)(C)C(=O)C=O)c3c(c2)C(C)(C)C(=O)O3)S1(=O)=O. The topological polar surface area (TPSA) is 118 Å². The first-order chi connectivity index (χ1) is 13.8. The maximum absolute atomic E-state index is 12.8. The van der Waals surface area contributed by atoms with Crippen molar-refractivity contribution in [1.29, 1.82) is 0 Å². The molecule has 1 saturated heterocycles. The summed E-state index contributed by atoms with van der Waals surface area (Å²) in [4.78, 5) is 36.0. The molecule has 0 saturated carbocycles. The predicted molar refractivity (Wildman–Crippen MR) is 109 cm³/mol. The highest BCUT2D eigenvalue weighted by Crippen LogP contribution is 2.47. The summed E-state index contributed by atoms with van der Waals surface area (Å²) < 4.78 is 32.3. The van der Waals surface area contributed by atoms with E-state index in [0.717, 1.165) is 0 Å². The van der Waals surface area contributed by atoms with Crippen molar-refractivity contribution in [3.05, 3.63) is 28.8 Å². The third-order valence-electron chi connectivity index (χ3n) is 6.34. The zero-order valence-corrected chi connectivity index (χ0v) is 18.6. The first-order valence-corrected chi connectivity index (χ1v) is 11.4. The second-order valence-electron chi connectivity index (χ2n) is 8.88. The van der Waals surface area contributed by atoms with Crippen LogP contribution in [0.4, 0.5) is 0 Å². The van der Waals surface area contributed by atoms with Gasteiger partial charge in [0.2, 0.25) is 15.8 Å². The molecule has 0 radical (unpaired) electrons. The van der Waals surface area contributed by atoms with Crippen LogP contribution in [-0.4, -0.2) is 54.2 Å². The summed E-state index contributed by atoms with van der Waals surface area (Å²) in [5.41, 5.74) is -1.38. The molecule has 0 amide bonds. The highest BCUT2D eigenvalue weighted by atomic mass is 32.2. The maximum atomic E-state index is 12.8. The number of aliphatic hydroxyl groups excluding tert-OH is 1. The minimum atomic E-state index is -3.69. The molecule has 1 fully saturated rings. The number of hydrogen-bond acceptors (Lipinski definition) is 7. The van der Waals surface area contributed by atoms with Crippen LogP contribution in [0, 0.1) is 0 Å². The van der Waals surface area contributed by atoms with E-state index in [1.165, 1.54) is 24.2 Å². The van der Waals surface area contributed by atoms with Gasteiger partial charge in [0.05, 0.1) is 16.9 Å². The van der Waals surface area contributed by atoms with Crippen LogP contribution in [0.1, 0.15) is 63.8 Å². The van der Waals surface area contributed by atoms with E-state index in [0.29, 0.717) is 18.7 Å². The normalized spacial score (nSPS) is 23.7. The molecular formula is C21H27NO7S. The van der Waals surface area contributed by atoms with Crippen LogP contribution < -0.4 is 4.74 Å². The van der Waals surface area contributed by atoms with Gasteiger partial charge in [-0.15, -0.1) is 0 Å². The number of nitrogens with zero attached hydrogens (tertiary/aromatic N) is 1. The monoisotopic (exact) mass is 437 g/mol. The van der Waals surface area contributed by atoms with Crippen LogP contribution in [0.5, 0.6) is 5.75 Å². The van der Waals surface area contributed by atoms with E-state index in [1.54, 1.807) is 26.8 Å². The number of fused-ring (bicyclic) bond motifs is 1. The maximum Gasteiger partial charge on any atom is 0.321 e. The van der Waals surface area contributed by atoms with Crippen LogP contribution >= 0.6 is 0 Å². The molecule has 1 aromatic carbocycles. The Morgan fingerprint density at radius 1 is 1.40 bits per heavy atom. The summed E-state index contributed by atoms with van der Waals surface area (Å²) >= 11 is 0. The molecular weight excluding hydrogens is 410 g/mol. The molecule has 2 atom stereocenters. The van der Waals surface area contributed by atoms with E-state index in [4.69, 9.17) is 4.74 Å². The molecule has 164 valence electrons. The van der Waals surface area contributed by atoms with Gasteiger partial charge in [0.1, 0.15) is 11.0 Å². The molecule has 30 heavy (non-hydrogen) atoms. The standard InChI is InChI=1S/C21H27NO7S/c1-6-22-8-7-15(30(22,27)28)17(25)12-9-13(20(2,3)16(24)11-23)18-14(10-12)21(4,5)19(26)29-18/h9-11,15,17,25H,6-8H2,1-5H3/t15-,17+/m0/s1. The smallest absolute Gasteiger partial charge is 0.321 e. The number of benzene rings is 1. The second kappa shape index (κ2) is 7.25. The Labute approximate surface area is 176 Å². The first kappa shape index (κ1) is 22.6. The molecule has 1 aromatic rings. The quantitative estimate of drug-likeness (QED) is 0.309. The fraction of sp³-hybridized carbons (Fsp3) is 0.571. The van der Waals surface area contributed by atoms with Gasteiger partial charge in [-0.25, -0.2) is 12.7 Å². The molecule has 0 spiro atoms. The van der Waals surface area contributed by atoms with Crippen LogP contribution in [0.25, 0.3) is 0 Å². The highest BCUT2D eigenvalue weighted by Gasteiger charge is 2.48. The number of carbonyl (C=O) groups is 3. The molecule has 0 unspecified atom stereocenters. The molecule has 3 rings (SSSR count). The van der Waals surface area contributed by atoms with Gasteiger partial charge < -0.3 is 9.84 Å². The fourth-order valence-electron chi connectivity index (χ4n) is 4.08. The van der Waals surface area contributed by atoms with Gasteiger partial charge in [-0.3, -0.25) is 14.4 Å². The lowest BCUT2D eigenvalue weighted by Gasteiger charge is -2.27. The molecule has 0 aliphatic carbocycles. The van der Waals surface area contributed by atoms with Crippen molar-refractivity contribution in [2.45, 2.75) is 63.2 Å². The summed E-state index contributed by atoms with van der Waals surface area (Å²) in [5.74, 6) is -1.06. The lowest BCUT2D eigenvalue weighted by atomic mass is 9.75. The van der Waals surface area contributed by atoms with E-state index in [-0.39, 0.29) is 29.6 Å². The number of ketones is 1. The molecule has 0 aromatic heterocycles. The lowest BCUT2D eigenvalue weighted by Crippen LogP contribution is -2.33. The number of Topliss-reactive ketones (excluding diaryl/α,β-unsaturated/α-hetero) is 1. The Bertz CT molecular complexity index is 1030. The van der Waals surface area contributed by atoms with E-state index in [2.05, 4.69) is 0 Å². The van der Waals surface area contributed by atoms with Crippen LogP contribution in [0.2, 0.25) is 0 Å². The van der Waals surface area contributed by atoms with Crippen LogP contribution in [0.15, 0.2) is 12.1 Å². The molecule has 2 heterocycles. The Balaban J connectivity index is 2.20. The van der Waals surface area contributed by atoms with Crippen LogP contribution in [-0.2, 0) is 35.2 Å². The number of aliphatic hydroxyl groups is 1. The predicted octanol–water partition coefficient (Wildman–Crippen LogP) is 1.39. The van der Waals surface area contributed by atoms with Crippen molar-refractivity contribution in [3.8, 4) is 5.75 Å². The molecule has 1 N–H and O–H groups in total. The van der Waals surface area contributed by atoms with E-state index in [1.807, 2.05) is 0 Å². The summed E-state index contributed by atoms with van der Waals surface area (Å²) in [6.45, 7) is 8.73. The van der Waals surface area contributed by atoms with Crippen molar-refractivity contribution in [2.24, 2.45) is 0 Å². The zero-order valence-electron chi connectivity index (χ0n) is 17.8. The Morgan fingerprint density at radius 3 is 2.57 bits per heavy atom. The number of ether oxygens (including phenoxy) is 1. The first-order valence-electron chi connectivity index (χ1n) is 9.88. The number of carbonyl (C=O) groups excluding carboxylic acids is 3. The number of rotatable bonds is 6. The van der Waals surface area contributed by atoms with Gasteiger partial charge in [-0.2, -0.15) is 0 Å². The molecule has 0 bridgehead atoms. The average molecular weight is 438 g/mol. The Morgan fingerprint density at radius 2 is 2.03 bits per heavy atom. The molecule has 2 aliphatic rings.